The molecular weight excluding hydrogens is 250 g/mol. The monoisotopic (exact) mass is 269 g/mol. The predicted molar refractivity (Wildman–Crippen MR) is 83.8 cm³/mol. The van der Waals surface area contributed by atoms with E-state index >= 15 is 0 Å². The molecule has 20 heavy (non-hydrogen) atoms. The SMILES string of the molecule is CC(C(=O)Nc1ccccc1N)N(C)c1ccccc1. The minimum atomic E-state index is -0.294. The van der Waals surface area contributed by atoms with Crippen molar-refractivity contribution in [1.29, 1.82) is 0 Å². The summed E-state index contributed by atoms with van der Waals surface area (Å²) < 4.78 is 0. The van der Waals surface area contributed by atoms with E-state index in [1.165, 1.54) is 0 Å². The van der Waals surface area contributed by atoms with Gasteiger partial charge in [-0.15, -0.1) is 0 Å². The standard InChI is InChI=1S/C16H19N3O/c1-12(19(2)13-8-4-3-5-9-13)16(20)18-15-11-7-6-10-14(15)17/h3-12H,17H2,1-2H3,(H,18,20). The van der Waals surface area contributed by atoms with Crippen LogP contribution in [0, 0.1) is 0 Å². The summed E-state index contributed by atoms with van der Waals surface area (Å²) in [6.45, 7) is 1.86. The summed E-state index contributed by atoms with van der Waals surface area (Å²) in [5.74, 6) is -0.0887. The molecule has 0 aliphatic carbocycles. The lowest BCUT2D eigenvalue weighted by Gasteiger charge is -2.26. The Labute approximate surface area is 119 Å². The quantitative estimate of drug-likeness (QED) is 0.839. The van der Waals surface area contributed by atoms with E-state index in [4.69, 9.17) is 5.73 Å². The van der Waals surface area contributed by atoms with Crippen LogP contribution < -0.4 is 16.0 Å². The van der Waals surface area contributed by atoms with Gasteiger partial charge in [0.2, 0.25) is 5.91 Å². The molecule has 0 spiro atoms. The van der Waals surface area contributed by atoms with Gasteiger partial charge < -0.3 is 16.0 Å². The van der Waals surface area contributed by atoms with E-state index in [0.29, 0.717) is 11.4 Å². The molecule has 1 amide bonds. The van der Waals surface area contributed by atoms with Gasteiger partial charge in [-0.25, -0.2) is 0 Å². The van der Waals surface area contributed by atoms with Gasteiger partial charge in [0.1, 0.15) is 6.04 Å². The number of carbonyl (C=O) groups excluding carboxylic acids is 1. The number of nitrogens with one attached hydrogen (secondary N) is 1. The van der Waals surface area contributed by atoms with Crippen molar-refractivity contribution in [1.82, 2.24) is 0 Å². The van der Waals surface area contributed by atoms with Crippen LogP contribution in [0.5, 0.6) is 0 Å². The van der Waals surface area contributed by atoms with E-state index in [0.717, 1.165) is 5.69 Å². The Morgan fingerprint density at radius 3 is 2.35 bits per heavy atom. The number of para-hydroxylation sites is 3. The molecule has 104 valence electrons. The highest BCUT2D eigenvalue weighted by Gasteiger charge is 2.18. The van der Waals surface area contributed by atoms with Crippen molar-refractivity contribution in [2.75, 3.05) is 23.0 Å². The molecule has 0 saturated heterocycles. The highest BCUT2D eigenvalue weighted by atomic mass is 16.2. The molecule has 0 radical (unpaired) electrons. The van der Waals surface area contributed by atoms with Crippen LogP contribution in [0.1, 0.15) is 6.92 Å². The molecule has 0 bridgehead atoms. The Balaban J connectivity index is 2.08. The van der Waals surface area contributed by atoms with E-state index in [2.05, 4.69) is 5.32 Å². The largest absolute Gasteiger partial charge is 0.397 e. The highest BCUT2D eigenvalue weighted by molar-refractivity contribution is 5.98. The summed E-state index contributed by atoms with van der Waals surface area (Å²) in [5, 5.41) is 2.86. The second-order valence-electron chi connectivity index (χ2n) is 4.70. The normalized spacial score (nSPS) is 11.7. The molecule has 0 saturated carbocycles. The summed E-state index contributed by atoms with van der Waals surface area (Å²) in [5.41, 5.74) is 8.03. The minimum absolute atomic E-state index is 0.0887. The zero-order valence-electron chi connectivity index (χ0n) is 11.7. The Bertz CT molecular complexity index is 583. The van der Waals surface area contributed by atoms with Crippen LogP contribution in [-0.4, -0.2) is 19.0 Å². The van der Waals surface area contributed by atoms with Crippen molar-refractivity contribution >= 4 is 23.0 Å². The lowest BCUT2D eigenvalue weighted by atomic mass is 10.2. The summed E-state index contributed by atoms with van der Waals surface area (Å²) >= 11 is 0. The van der Waals surface area contributed by atoms with Crippen LogP contribution in [0.15, 0.2) is 54.6 Å². The fraction of sp³-hybridized carbons (Fsp3) is 0.188. The van der Waals surface area contributed by atoms with Gasteiger partial charge in [-0.2, -0.15) is 0 Å². The number of anilines is 3. The number of nitrogens with two attached hydrogens (primary N) is 1. The lowest BCUT2D eigenvalue weighted by Crippen LogP contribution is -2.39. The van der Waals surface area contributed by atoms with Crippen molar-refractivity contribution in [3.63, 3.8) is 0 Å². The third-order valence-corrected chi connectivity index (χ3v) is 3.34. The summed E-state index contributed by atoms with van der Waals surface area (Å²) in [6.07, 6.45) is 0. The van der Waals surface area contributed by atoms with Crippen molar-refractivity contribution in [2.45, 2.75) is 13.0 Å². The highest BCUT2D eigenvalue weighted by Crippen LogP contribution is 2.19. The van der Waals surface area contributed by atoms with Gasteiger partial charge in [0.15, 0.2) is 0 Å². The van der Waals surface area contributed by atoms with E-state index in [1.54, 1.807) is 12.1 Å². The molecule has 0 heterocycles. The molecule has 4 nitrogen and oxygen atoms in total. The molecule has 0 aliphatic heterocycles. The Morgan fingerprint density at radius 1 is 1.10 bits per heavy atom. The minimum Gasteiger partial charge on any atom is -0.397 e. The summed E-state index contributed by atoms with van der Waals surface area (Å²) in [4.78, 5) is 14.2. The predicted octanol–water partition coefficient (Wildman–Crippen LogP) is 2.73. The first-order valence-corrected chi connectivity index (χ1v) is 6.53. The number of nitrogen functional groups attached to an aromatic ring is 1. The maximum absolute atomic E-state index is 12.3. The molecule has 3 N–H and O–H groups in total. The maximum atomic E-state index is 12.3. The fourth-order valence-corrected chi connectivity index (χ4v) is 1.91. The number of likely N-dealkylation sites (N-methyl/N-ethyl adjacent to an activating group) is 1. The molecule has 0 fully saturated rings. The fourth-order valence-electron chi connectivity index (χ4n) is 1.91. The second-order valence-corrected chi connectivity index (χ2v) is 4.70. The molecular formula is C16H19N3O. The van der Waals surface area contributed by atoms with Crippen molar-refractivity contribution in [2.24, 2.45) is 0 Å². The van der Waals surface area contributed by atoms with Crippen molar-refractivity contribution in [3.8, 4) is 0 Å². The number of benzene rings is 2. The molecule has 2 aromatic rings. The topological polar surface area (TPSA) is 58.4 Å². The molecule has 1 atom stereocenters. The first kappa shape index (κ1) is 13.9. The van der Waals surface area contributed by atoms with Crippen LogP contribution >= 0.6 is 0 Å². The number of nitrogens with zero attached hydrogens (tertiary/aromatic N) is 1. The zero-order chi connectivity index (χ0) is 14.5. The van der Waals surface area contributed by atoms with Gasteiger partial charge in [0, 0.05) is 12.7 Å². The van der Waals surface area contributed by atoms with Crippen LogP contribution in [0.4, 0.5) is 17.1 Å². The molecule has 2 aromatic carbocycles. The summed E-state index contributed by atoms with van der Waals surface area (Å²) in [6, 6.07) is 16.7. The van der Waals surface area contributed by atoms with Crippen LogP contribution in [0.3, 0.4) is 0 Å². The third-order valence-electron chi connectivity index (χ3n) is 3.34. The number of hydrogen-bond donors (Lipinski definition) is 2. The van der Waals surface area contributed by atoms with Gasteiger partial charge in [-0.3, -0.25) is 4.79 Å². The molecule has 1 unspecified atom stereocenters. The number of amides is 1. The Morgan fingerprint density at radius 2 is 1.70 bits per heavy atom. The van der Waals surface area contributed by atoms with Gasteiger partial charge in [-0.05, 0) is 31.2 Å². The van der Waals surface area contributed by atoms with Crippen LogP contribution in [0.2, 0.25) is 0 Å². The van der Waals surface area contributed by atoms with Gasteiger partial charge in [0.25, 0.3) is 0 Å². The van der Waals surface area contributed by atoms with E-state index in [9.17, 15) is 4.79 Å². The molecule has 4 heteroatoms. The average Bonchev–Trinajstić information content (AvgIpc) is 2.49. The smallest absolute Gasteiger partial charge is 0.246 e. The Kier molecular flexibility index (Phi) is 4.25. The number of hydrogen-bond acceptors (Lipinski definition) is 3. The van der Waals surface area contributed by atoms with Crippen molar-refractivity contribution < 1.29 is 4.79 Å². The third kappa shape index (κ3) is 3.09. The first-order chi connectivity index (χ1) is 9.59. The Hall–Kier alpha value is -2.49. The van der Waals surface area contributed by atoms with Crippen molar-refractivity contribution in [3.05, 3.63) is 54.6 Å². The molecule has 0 aromatic heterocycles. The molecule has 2 rings (SSSR count). The van der Waals surface area contributed by atoms with E-state index in [-0.39, 0.29) is 11.9 Å². The van der Waals surface area contributed by atoms with Crippen LogP contribution in [0.25, 0.3) is 0 Å². The van der Waals surface area contributed by atoms with Gasteiger partial charge in [-0.1, -0.05) is 30.3 Å². The number of carbonyl (C=O) groups is 1. The zero-order valence-corrected chi connectivity index (χ0v) is 11.7. The number of rotatable bonds is 4. The molecule has 0 aliphatic rings. The average molecular weight is 269 g/mol. The van der Waals surface area contributed by atoms with E-state index < -0.39 is 0 Å². The first-order valence-electron chi connectivity index (χ1n) is 6.53. The van der Waals surface area contributed by atoms with Gasteiger partial charge >= 0.3 is 0 Å². The summed E-state index contributed by atoms with van der Waals surface area (Å²) in [7, 11) is 1.90. The van der Waals surface area contributed by atoms with Gasteiger partial charge in [0.05, 0.1) is 11.4 Å². The lowest BCUT2D eigenvalue weighted by molar-refractivity contribution is -0.117. The van der Waals surface area contributed by atoms with E-state index in [1.807, 2.05) is 61.3 Å². The van der Waals surface area contributed by atoms with Crippen LogP contribution in [-0.2, 0) is 4.79 Å². The second kappa shape index (κ2) is 6.10. The maximum Gasteiger partial charge on any atom is 0.246 e.